The van der Waals surface area contributed by atoms with Crippen molar-refractivity contribution in [3.63, 3.8) is 0 Å². The third-order valence-corrected chi connectivity index (χ3v) is 3.18. The number of hydrogen-bond donors (Lipinski definition) is 2. The molecule has 0 aliphatic heterocycles. The normalized spacial score (nSPS) is 11.0. The Labute approximate surface area is 106 Å². The Morgan fingerprint density at radius 2 is 2.06 bits per heavy atom. The molecular weight excluding hydrogens is 236 g/mol. The maximum Gasteiger partial charge on any atom is 0.239 e. The maximum atomic E-state index is 12.2. The summed E-state index contributed by atoms with van der Waals surface area (Å²) in [5, 5.41) is 9.37. The number of benzene rings is 1. The predicted octanol–water partition coefficient (Wildman–Crippen LogP) is 1.67. The third kappa shape index (κ3) is 2.74. The number of carbonyl (C=O) groups is 1. The summed E-state index contributed by atoms with van der Waals surface area (Å²) >= 11 is 4.88. The molecule has 0 unspecified atom stereocenters. The Bertz CT molecular complexity index is 458. The molecule has 3 N–H and O–H groups in total. The molecule has 1 aromatic carbocycles. The fraction of sp³-hybridized carbons (Fsp3) is 0.333. The van der Waals surface area contributed by atoms with Crippen LogP contribution in [0.15, 0.2) is 24.3 Å². The van der Waals surface area contributed by atoms with Crippen LogP contribution in [-0.4, -0.2) is 23.0 Å². The molecule has 0 bridgehead atoms. The second-order valence-electron chi connectivity index (χ2n) is 4.37. The van der Waals surface area contributed by atoms with Gasteiger partial charge in [-0.25, -0.2) is 0 Å². The van der Waals surface area contributed by atoms with Crippen LogP contribution in [-0.2, 0) is 4.79 Å². The van der Waals surface area contributed by atoms with Gasteiger partial charge in [0.1, 0.15) is 5.75 Å². The molecule has 0 aliphatic rings. The molecule has 92 valence electrons. The monoisotopic (exact) mass is 252 g/mol. The van der Waals surface area contributed by atoms with Crippen molar-refractivity contribution in [2.24, 2.45) is 11.1 Å². The van der Waals surface area contributed by atoms with E-state index in [0.29, 0.717) is 5.69 Å². The minimum absolute atomic E-state index is 0.107. The zero-order valence-corrected chi connectivity index (χ0v) is 10.9. The van der Waals surface area contributed by atoms with E-state index >= 15 is 0 Å². The van der Waals surface area contributed by atoms with E-state index < -0.39 is 5.41 Å². The van der Waals surface area contributed by atoms with Crippen LogP contribution in [0.3, 0.4) is 0 Å². The van der Waals surface area contributed by atoms with Gasteiger partial charge in [0.05, 0.1) is 10.4 Å². The molecule has 0 saturated carbocycles. The van der Waals surface area contributed by atoms with Crippen LogP contribution < -0.4 is 10.6 Å². The van der Waals surface area contributed by atoms with Gasteiger partial charge in [-0.05, 0) is 26.0 Å². The first-order chi connectivity index (χ1) is 7.76. The van der Waals surface area contributed by atoms with E-state index in [0.717, 1.165) is 0 Å². The average Bonchev–Trinajstić information content (AvgIpc) is 2.26. The summed E-state index contributed by atoms with van der Waals surface area (Å²) in [6.45, 7) is 3.36. The highest BCUT2D eigenvalue weighted by Gasteiger charge is 2.34. The van der Waals surface area contributed by atoms with Crippen molar-refractivity contribution in [3.8, 4) is 5.75 Å². The first kappa shape index (κ1) is 13.4. The molecule has 4 nitrogen and oxygen atoms in total. The summed E-state index contributed by atoms with van der Waals surface area (Å²) in [6, 6.07) is 6.45. The highest BCUT2D eigenvalue weighted by molar-refractivity contribution is 7.80. The van der Waals surface area contributed by atoms with E-state index in [1.54, 1.807) is 39.1 Å². The number of nitrogens with zero attached hydrogens (tertiary/aromatic N) is 1. The van der Waals surface area contributed by atoms with E-state index in [4.69, 9.17) is 18.0 Å². The van der Waals surface area contributed by atoms with Crippen LogP contribution >= 0.6 is 12.2 Å². The summed E-state index contributed by atoms with van der Waals surface area (Å²) in [4.78, 5) is 13.8. The Balaban J connectivity index is 3.02. The Hall–Kier alpha value is -1.62. The second kappa shape index (κ2) is 4.71. The van der Waals surface area contributed by atoms with Crippen molar-refractivity contribution in [1.82, 2.24) is 0 Å². The van der Waals surface area contributed by atoms with Crippen molar-refractivity contribution in [3.05, 3.63) is 24.3 Å². The molecule has 0 spiro atoms. The molecule has 0 atom stereocenters. The lowest BCUT2D eigenvalue weighted by molar-refractivity contribution is -0.123. The van der Waals surface area contributed by atoms with Gasteiger partial charge in [0.2, 0.25) is 5.91 Å². The second-order valence-corrected chi connectivity index (χ2v) is 4.81. The highest BCUT2D eigenvalue weighted by Crippen LogP contribution is 2.25. The predicted molar refractivity (Wildman–Crippen MR) is 72.1 cm³/mol. The number of aromatic hydroxyl groups is 1. The van der Waals surface area contributed by atoms with Gasteiger partial charge >= 0.3 is 0 Å². The summed E-state index contributed by atoms with van der Waals surface area (Å²) in [5.74, 6) is -0.106. The Kier molecular flexibility index (Phi) is 3.72. The number of thiocarbonyl (C=S) groups is 1. The molecule has 0 fully saturated rings. The van der Waals surface area contributed by atoms with Crippen molar-refractivity contribution in [2.45, 2.75) is 13.8 Å². The molecule has 1 rings (SSSR count). The van der Waals surface area contributed by atoms with E-state index in [-0.39, 0.29) is 16.6 Å². The van der Waals surface area contributed by atoms with Gasteiger partial charge in [-0.3, -0.25) is 4.79 Å². The lowest BCUT2D eigenvalue weighted by Crippen LogP contribution is -2.45. The van der Waals surface area contributed by atoms with Gasteiger partial charge in [0.15, 0.2) is 0 Å². The van der Waals surface area contributed by atoms with Gasteiger partial charge in [0.25, 0.3) is 0 Å². The van der Waals surface area contributed by atoms with Crippen molar-refractivity contribution in [1.29, 1.82) is 0 Å². The van der Waals surface area contributed by atoms with Crippen molar-refractivity contribution >= 4 is 28.8 Å². The van der Waals surface area contributed by atoms with E-state index in [1.807, 2.05) is 0 Å². The first-order valence-electron chi connectivity index (χ1n) is 5.14. The number of anilines is 1. The van der Waals surface area contributed by atoms with Gasteiger partial charge < -0.3 is 15.7 Å². The number of carbonyl (C=O) groups excluding carboxylic acids is 1. The fourth-order valence-corrected chi connectivity index (χ4v) is 1.43. The lowest BCUT2D eigenvalue weighted by atomic mass is 9.91. The zero-order valence-electron chi connectivity index (χ0n) is 10.1. The standard InChI is InChI=1S/C12H16N2O2S/c1-12(2,10(13)17)11(16)14(3)8-5-4-6-9(15)7-8/h4-7,15H,1-3H3,(H2,13,17). The quantitative estimate of drug-likeness (QED) is 0.803. The molecule has 5 heteroatoms. The molecule has 0 saturated heterocycles. The molecule has 0 radical (unpaired) electrons. The van der Waals surface area contributed by atoms with Crippen LogP contribution in [0.2, 0.25) is 0 Å². The topological polar surface area (TPSA) is 66.6 Å². The largest absolute Gasteiger partial charge is 0.508 e. The van der Waals surface area contributed by atoms with Crippen molar-refractivity contribution < 1.29 is 9.90 Å². The molecule has 17 heavy (non-hydrogen) atoms. The number of phenolic OH excluding ortho intramolecular Hbond substituents is 1. The number of rotatable bonds is 3. The highest BCUT2D eigenvalue weighted by atomic mass is 32.1. The molecule has 0 aliphatic carbocycles. The van der Waals surface area contributed by atoms with Crippen LogP contribution in [0.1, 0.15) is 13.8 Å². The molecule has 1 aromatic rings. The SMILES string of the molecule is CN(C(=O)C(C)(C)C(N)=S)c1cccc(O)c1. The van der Waals surface area contributed by atoms with Crippen LogP contribution in [0.5, 0.6) is 5.75 Å². The van der Waals surface area contributed by atoms with Gasteiger partial charge in [0, 0.05) is 18.8 Å². The van der Waals surface area contributed by atoms with Crippen LogP contribution in [0.4, 0.5) is 5.69 Å². The zero-order chi connectivity index (χ0) is 13.2. The van der Waals surface area contributed by atoms with Crippen LogP contribution in [0.25, 0.3) is 0 Å². The summed E-state index contributed by atoms with van der Waals surface area (Å²) in [7, 11) is 1.62. The minimum atomic E-state index is -0.907. The fourth-order valence-electron chi connectivity index (χ4n) is 1.34. The third-order valence-electron chi connectivity index (χ3n) is 2.67. The Morgan fingerprint density at radius 3 is 2.53 bits per heavy atom. The molecule has 1 amide bonds. The number of phenols is 1. The average molecular weight is 252 g/mol. The molecular formula is C12H16N2O2S. The maximum absolute atomic E-state index is 12.2. The van der Waals surface area contributed by atoms with E-state index in [2.05, 4.69) is 0 Å². The summed E-state index contributed by atoms with van der Waals surface area (Å²) < 4.78 is 0. The number of hydrogen-bond acceptors (Lipinski definition) is 3. The number of amides is 1. The van der Waals surface area contributed by atoms with Crippen molar-refractivity contribution in [2.75, 3.05) is 11.9 Å². The van der Waals surface area contributed by atoms with Gasteiger partial charge in [-0.2, -0.15) is 0 Å². The van der Waals surface area contributed by atoms with Gasteiger partial charge in [-0.15, -0.1) is 0 Å². The smallest absolute Gasteiger partial charge is 0.239 e. The van der Waals surface area contributed by atoms with Crippen LogP contribution in [0, 0.1) is 5.41 Å². The first-order valence-corrected chi connectivity index (χ1v) is 5.54. The number of nitrogens with two attached hydrogens (primary N) is 1. The minimum Gasteiger partial charge on any atom is -0.508 e. The summed E-state index contributed by atoms with van der Waals surface area (Å²) in [6.07, 6.45) is 0. The molecule has 0 heterocycles. The molecule has 0 aromatic heterocycles. The lowest BCUT2D eigenvalue weighted by Gasteiger charge is -2.28. The van der Waals surface area contributed by atoms with E-state index in [9.17, 15) is 9.90 Å². The van der Waals surface area contributed by atoms with Gasteiger partial charge in [-0.1, -0.05) is 18.3 Å². The van der Waals surface area contributed by atoms with E-state index in [1.165, 1.54) is 11.0 Å². The summed E-state index contributed by atoms with van der Waals surface area (Å²) in [5.41, 5.74) is 5.24. The Morgan fingerprint density at radius 1 is 1.47 bits per heavy atom.